The smallest absolute Gasteiger partial charge is 0.475 e. The van der Waals surface area contributed by atoms with E-state index in [1.54, 1.807) is 18.5 Å². The van der Waals surface area contributed by atoms with E-state index in [1.165, 1.54) is 6.08 Å². The number of carboxylic acid groups (broad SMARTS) is 1. The average Bonchev–Trinajstić information content (AvgIpc) is 3.34. The van der Waals surface area contributed by atoms with Gasteiger partial charge in [-0.25, -0.2) is 9.78 Å². The van der Waals surface area contributed by atoms with Gasteiger partial charge in [0.25, 0.3) is 11.1 Å². The maximum Gasteiger partial charge on any atom is 0.490 e. The van der Waals surface area contributed by atoms with Gasteiger partial charge in [-0.3, -0.25) is 9.59 Å². The van der Waals surface area contributed by atoms with Crippen LogP contribution in [0.2, 0.25) is 0 Å². The van der Waals surface area contributed by atoms with E-state index in [-0.39, 0.29) is 16.1 Å². The van der Waals surface area contributed by atoms with Crippen LogP contribution in [0.1, 0.15) is 50.6 Å². The quantitative estimate of drug-likeness (QED) is 0.459. The van der Waals surface area contributed by atoms with Gasteiger partial charge >= 0.3 is 12.1 Å². The second-order valence-electron chi connectivity index (χ2n) is 7.90. The van der Waals surface area contributed by atoms with Crippen LogP contribution in [0.5, 0.6) is 0 Å². The fourth-order valence-corrected chi connectivity index (χ4v) is 2.65. The van der Waals surface area contributed by atoms with Crippen LogP contribution in [0.25, 0.3) is 12.2 Å². The lowest BCUT2D eigenvalue weighted by atomic mass is 9.90. The first-order valence-corrected chi connectivity index (χ1v) is 9.71. The zero-order valence-corrected chi connectivity index (χ0v) is 18.3. The lowest BCUT2D eigenvalue weighted by Crippen LogP contribution is -2.46. The molecule has 0 saturated heterocycles. The highest BCUT2D eigenvalue weighted by Gasteiger charge is 2.38. The number of aryl methyl sites for hydroxylation is 1. The molecule has 0 aromatic carbocycles. The van der Waals surface area contributed by atoms with Gasteiger partial charge in [-0.2, -0.15) is 13.2 Å². The van der Waals surface area contributed by atoms with Crippen LogP contribution in [-0.4, -0.2) is 37.2 Å². The molecule has 178 valence electrons. The van der Waals surface area contributed by atoms with Gasteiger partial charge in [0.05, 0.1) is 12.0 Å². The molecule has 4 N–H and O–H groups in total. The number of furan rings is 1. The number of halogens is 3. The molecule has 3 rings (SSSR count). The van der Waals surface area contributed by atoms with E-state index in [1.807, 2.05) is 33.8 Å². The first-order chi connectivity index (χ1) is 15.2. The number of carbonyl (C=O) groups is 1. The van der Waals surface area contributed by atoms with Gasteiger partial charge < -0.3 is 24.5 Å². The van der Waals surface area contributed by atoms with Crippen LogP contribution in [0.3, 0.4) is 0 Å². The SMILES string of the molecule is CCc1ccc(/C=c2\[nH]c(=O)/c(=C/c3nc[nH]c3C(C)(C)C)[nH]c2=O)o1.O=C(O)C(F)(F)F. The molecule has 0 saturated carbocycles. The number of nitrogens with zero attached hydrogens (tertiary/aromatic N) is 1. The van der Waals surface area contributed by atoms with Crippen molar-refractivity contribution in [2.75, 3.05) is 0 Å². The summed E-state index contributed by atoms with van der Waals surface area (Å²) < 4.78 is 37.3. The molecular formula is C21H23F3N4O5. The number of aromatic amines is 3. The van der Waals surface area contributed by atoms with Crippen LogP contribution in [0, 0.1) is 0 Å². The van der Waals surface area contributed by atoms with Crippen molar-refractivity contribution in [3.8, 4) is 0 Å². The number of H-pyrrole nitrogens is 3. The summed E-state index contributed by atoms with van der Waals surface area (Å²) in [5, 5.41) is 7.42. The summed E-state index contributed by atoms with van der Waals surface area (Å²) in [4.78, 5) is 46.2. The van der Waals surface area contributed by atoms with Crippen LogP contribution in [-0.2, 0) is 16.6 Å². The normalized spacial score (nSPS) is 13.1. The molecule has 0 fully saturated rings. The van der Waals surface area contributed by atoms with Crippen molar-refractivity contribution in [2.45, 2.75) is 45.7 Å². The van der Waals surface area contributed by atoms with Crippen molar-refractivity contribution in [2.24, 2.45) is 0 Å². The Labute approximate surface area is 184 Å². The van der Waals surface area contributed by atoms with E-state index in [9.17, 15) is 22.8 Å². The Morgan fingerprint density at radius 3 is 2.09 bits per heavy atom. The van der Waals surface area contributed by atoms with Crippen molar-refractivity contribution < 1.29 is 27.5 Å². The van der Waals surface area contributed by atoms with E-state index in [4.69, 9.17) is 14.3 Å². The summed E-state index contributed by atoms with van der Waals surface area (Å²) in [5.41, 5.74) is 0.531. The Morgan fingerprint density at radius 1 is 1.09 bits per heavy atom. The lowest BCUT2D eigenvalue weighted by molar-refractivity contribution is -0.192. The van der Waals surface area contributed by atoms with Gasteiger partial charge in [-0.1, -0.05) is 27.7 Å². The molecule has 0 aliphatic heterocycles. The molecule has 3 aromatic heterocycles. The highest BCUT2D eigenvalue weighted by molar-refractivity contribution is 5.73. The Kier molecular flexibility index (Phi) is 7.52. The zero-order chi connectivity index (χ0) is 25.0. The first-order valence-electron chi connectivity index (χ1n) is 9.71. The highest BCUT2D eigenvalue weighted by Crippen LogP contribution is 2.22. The van der Waals surface area contributed by atoms with Gasteiger partial charge in [0, 0.05) is 23.6 Å². The van der Waals surface area contributed by atoms with Gasteiger partial charge in [0.15, 0.2) is 0 Å². The minimum atomic E-state index is -5.08. The maximum atomic E-state index is 12.4. The van der Waals surface area contributed by atoms with E-state index in [0.717, 1.165) is 17.9 Å². The average molecular weight is 468 g/mol. The number of hydrogen-bond acceptors (Lipinski definition) is 5. The Morgan fingerprint density at radius 2 is 1.64 bits per heavy atom. The maximum absolute atomic E-state index is 12.4. The number of alkyl halides is 3. The molecule has 0 radical (unpaired) electrons. The van der Waals surface area contributed by atoms with Crippen molar-refractivity contribution in [1.82, 2.24) is 19.9 Å². The predicted molar refractivity (Wildman–Crippen MR) is 113 cm³/mol. The van der Waals surface area contributed by atoms with Gasteiger partial charge in [-0.05, 0) is 18.2 Å². The molecule has 0 amide bonds. The molecule has 0 atom stereocenters. The third-order valence-corrected chi connectivity index (χ3v) is 4.25. The Hall–Kier alpha value is -3.83. The third kappa shape index (κ3) is 6.82. The summed E-state index contributed by atoms with van der Waals surface area (Å²) in [5.74, 6) is -1.43. The van der Waals surface area contributed by atoms with Crippen LogP contribution in [0.15, 0.2) is 32.5 Å². The minimum absolute atomic E-state index is 0.141. The van der Waals surface area contributed by atoms with E-state index in [0.29, 0.717) is 11.5 Å². The number of carboxylic acids is 1. The summed E-state index contributed by atoms with van der Waals surface area (Å²) in [7, 11) is 0. The van der Waals surface area contributed by atoms with Crippen molar-refractivity contribution in [3.63, 3.8) is 0 Å². The molecular weight excluding hydrogens is 445 g/mol. The van der Waals surface area contributed by atoms with E-state index < -0.39 is 23.3 Å². The largest absolute Gasteiger partial charge is 0.490 e. The summed E-state index contributed by atoms with van der Waals surface area (Å²) >= 11 is 0. The molecule has 3 heterocycles. The number of imidazole rings is 1. The van der Waals surface area contributed by atoms with Crippen molar-refractivity contribution in [1.29, 1.82) is 0 Å². The number of aromatic nitrogens is 4. The van der Waals surface area contributed by atoms with Crippen LogP contribution in [0.4, 0.5) is 13.2 Å². The standard InChI is InChI=1S/C19H22N4O3.C2HF3O2/c1-5-11-6-7-12(26-11)8-14-17(24)23-15(18(25)22-14)9-13-16(19(2,3)4)21-10-20-13;3-2(4,5)1(6)7/h6-10H,5H2,1-4H3,(H,20,21)(H,22,25)(H,23,24);(H,6,7)/b14-8-,15-9-;. The summed E-state index contributed by atoms with van der Waals surface area (Å²) in [6.07, 6.45) is 0.332. The van der Waals surface area contributed by atoms with Gasteiger partial charge in [0.1, 0.15) is 22.2 Å². The second kappa shape index (κ2) is 9.76. The molecule has 0 unspecified atom stereocenters. The summed E-state index contributed by atoms with van der Waals surface area (Å²) in [6, 6.07) is 3.60. The molecule has 0 aliphatic carbocycles. The molecule has 12 heteroatoms. The number of rotatable bonds is 3. The van der Waals surface area contributed by atoms with E-state index in [2.05, 4.69) is 19.9 Å². The molecule has 9 nitrogen and oxygen atoms in total. The van der Waals surface area contributed by atoms with Crippen molar-refractivity contribution >= 4 is 18.1 Å². The minimum Gasteiger partial charge on any atom is -0.475 e. The molecule has 0 bridgehead atoms. The number of nitrogens with one attached hydrogen (secondary N) is 3. The predicted octanol–water partition coefficient (Wildman–Crippen LogP) is 1.53. The Balaban J connectivity index is 0.000000479. The van der Waals surface area contributed by atoms with Gasteiger partial charge in [0.2, 0.25) is 0 Å². The molecule has 0 aliphatic rings. The molecule has 33 heavy (non-hydrogen) atoms. The molecule has 3 aromatic rings. The fourth-order valence-electron chi connectivity index (χ4n) is 2.65. The number of hydrogen-bond donors (Lipinski definition) is 4. The molecule has 0 spiro atoms. The van der Waals surface area contributed by atoms with Crippen LogP contribution < -0.4 is 21.8 Å². The van der Waals surface area contributed by atoms with Crippen molar-refractivity contribution in [3.05, 3.63) is 72.8 Å². The monoisotopic (exact) mass is 468 g/mol. The summed E-state index contributed by atoms with van der Waals surface area (Å²) in [6.45, 7) is 8.09. The Bertz CT molecular complexity index is 1350. The fraction of sp³-hybridized carbons (Fsp3) is 0.333. The lowest BCUT2D eigenvalue weighted by Gasteiger charge is -2.16. The zero-order valence-electron chi connectivity index (χ0n) is 18.3. The topological polar surface area (TPSA) is 145 Å². The number of aliphatic carboxylic acids is 1. The van der Waals surface area contributed by atoms with Crippen LogP contribution >= 0.6 is 0 Å². The highest BCUT2D eigenvalue weighted by atomic mass is 19.4. The third-order valence-electron chi connectivity index (χ3n) is 4.25. The van der Waals surface area contributed by atoms with Gasteiger partial charge in [-0.15, -0.1) is 0 Å². The first kappa shape index (κ1) is 25.4. The van der Waals surface area contributed by atoms with E-state index >= 15 is 0 Å². The second-order valence-corrected chi connectivity index (χ2v) is 7.90.